The number of rotatable bonds is 5. The minimum atomic E-state index is -3.57. The molecule has 2 aromatic carbocycles. The predicted octanol–water partition coefficient (Wildman–Crippen LogP) is 3.81. The van der Waals surface area contributed by atoms with E-state index < -0.39 is 10.0 Å². The Morgan fingerprint density at radius 3 is 2.46 bits per heavy atom. The molecule has 5 nitrogen and oxygen atoms in total. The van der Waals surface area contributed by atoms with Gasteiger partial charge in [0.2, 0.25) is 10.0 Å². The summed E-state index contributed by atoms with van der Waals surface area (Å²) in [5.41, 5.74) is 2.79. The largest absolute Gasteiger partial charge is 0.490 e. The number of fused-ring (bicyclic) bond motifs is 1. The monoisotopic (exact) mass is 373 g/mol. The van der Waals surface area contributed by atoms with Crippen molar-refractivity contribution in [1.82, 2.24) is 4.72 Å². The molecule has 0 spiro atoms. The molecule has 1 heterocycles. The van der Waals surface area contributed by atoms with Gasteiger partial charge in [0.15, 0.2) is 11.5 Å². The Labute approximate surface area is 154 Å². The van der Waals surface area contributed by atoms with Crippen molar-refractivity contribution in [2.24, 2.45) is 0 Å². The van der Waals surface area contributed by atoms with Crippen LogP contribution in [0, 0.1) is 6.92 Å². The lowest BCUT2D eigenvalue weighted by Crippen LogP contribution is -2.24. The first kappa shape index (κ1) is 18.5. The maximum absolute atomic E-state index is 12.3. The number of aryl methyl sites for hydroxylation is 1. The van der Waals surface area contributed by atoms with Gasteiger partial charge in [0.1, 0.15) is 0 Å². The Kier molecular flexibility index (Phi) is 5.64. The molecule has 0 aliphatic carbocycles. The van der Waals surface area contributed by atoms with Crippen molar-refractivity contribution in [2.45, 2.75) is 26.3 Å². The summed E-state index contributed by atoms with van der Waals surface area (Å²) in [5.74, 6) is 1.35. The molecule has 1 unspecified atom stereocenters. The minimum absolute atomic E-state index is 0.389. The zero-order valence-corrected chi connectivity index (χ0v) is 15.8. The molecule has 1 aliphatic rings. The minimum Gasteiger partial charge on any atom is -0.490 e. The summed E-state index contributed by atoms with van der Waals surface area (Å²) in [6.45, 7) is 5.01. The zero-order valence-electron chi connectivity index (χ0n) is 14.9. The summed E-state index contributed by atoms with van der Waals surface area (Å²) in [6.07, 6.45) is 2.42. The highest BCUT2D eigenvalue weighted by molar-refractivity contribution is 7.92. The summed E-state index contributed by atoms with van der Waals surface area (Å²) in [4.78, 5) is 0. The Morgan fingerprint density at radius 2 is 1.73 bits per heavy atom. The Hall–Kier alpha value is -2.31. The number of nitrogens with one attached hydrogen (secondary N) is 1. The van der Waals surface area contributed by atoms with Crippen molar-refractivity contribution < 1.29 is 17.9 Å². The fourth-order valence-corrected chi connectivity index (χ4v) is 3.69. The van der Waals surface area contributed by atoms with E-state index in [1.54, 1.807) is 13.0 Å². The van der Waals surface area contributed by atoms with Crippen molar-refractivity contribution in [3.05, 3.63) is 64.6 Å². The molecule has 0 aromatic heterocycles. The van der Waals surface area contributed by atoms with Gasteiger partial charge in [-0.2, -0.15) is 0 Å². The first-order chi connectivity index (χ1) is 12.4. The number of benzene rings is 2. The van der Waals surface area contributed by atoms with E-state index in [0.717, 1.165) is 23.1 Å². The molecule has 2 aromatic rings. The fourth-order valence-electron chi connectivity index (χ4n) is 2.65. The van der Waals surface area contributed by atoms with Crippen LogP contribution in [-0.4, -0.2) is 21.6 Å². The molecule has 1 aliphatic heterocycles. The van der Waals surface area contributed by atoms with Crippen LogP contribution in [0.25, 0.3) is 6.08 Å². The third-order valence-corrected chi connectivity index (χ3v) is 5.31. The maximum Gasteiger partial charge on any atom is 0.234 e. The Morgan fingerprint density at radius 1 is 1.04 bits per heavy atom. The maximum atomic E-state index is 12.3. The van der Waals surface area contributed by atoms with Crippen molar-refractivity contribution >= 4 is 16.1 Å². The molecule has 0 saturated carbocycles. The van der Waals surface area contributed by atoms with Crippen LogP contribution in [-0.2, 0) is 10.0 Å². The van der Waals surface area contributed by atoms with Gasteiger partial charge in [-0.05, 0) is 43.2 Å². The molecule has 3 rings (SSSR count). The van der Waals surface area contributed by atoms with Gasteiger partial charge in [-0.3, -0.25) is 0 Å². The summed E-state index contributed by atoms with van der Waals surface area (Å²) in [7, 11) is -3.57. The summed E-state index contributed by atoms with van der Waals surface area (Å²) < 4.78 is 38.6. The molecule has 6 heteroatoms. The average molecular weight is 373 g/mol. The van der Waals surface area contributed by atoms with E-state index in [2.05, 4.69) is 4.72 Å². The van der Waals surface area contributed by atoms with Gasteiger partial charge in [-0.1, -0.05) is 35.9 Å². The highest BCUT2D eigenvalue weighted by atomic mass is 32.2. The number of hydrogen-bond donors (Lipinski definition) is 1. The average Bonchev–Trinajstić information content (AvgIpc) is 2.85. The van der Waals surface area contributed by atoms with E-state index in [4.69, 9.17) is 9.47 Å². The van der Waals surface area contributed by atoms with Crippen molar-refractivity contribution in [3.8, 4) is 11.5 Å². The lowest BCUT2D eigenvalue weighted by molar-refractivity contribution is 0.297. The topological polar surface area (TPSA) is 64.6 Å². The van der Waals surface area contributed by atoms with Crippen LogP contribution in [0.15, 0.2) is 47.9 Å². The van der Waals surface area contributed by atoms with E-state index in [-0.39, 0.29) is 6.04 Å². The van der Waals surface area contributed by atoms with Crippen LogP contribution in [0.3, 0.4) is 0 Å². The highest BCUT2D eigenvalue weighted by Crippen LogP contribution is 2.32. The second-order valence-electron chi connectivity index (χ2n) is 6.35. The normalized spacial score (nSPS) is 15.6. The van der Waals surface area contributed by atoms with E-state index in [1.807, 2.05) is 49.4 Å². The van der Waals surface area contributed by atoms with Crippen LogP contribution in [0.2, 0.25) is 0 Å². The van der Waals surface area contributed by atoms with Crippen molar-refractivity contribution in [3.63, 3.8) is 0 Å². The van der Waals surface area contributed by atoms with Gasteiger partial charge in [0, 0.05) is 17.9 Å². The smallest absolute Gasteiger partial charge is 0.234 e. The molecule has 1 N–H and O–H groups in total. The second kappa shape index (κ2) is 7.93. The molecular weight excluding hydrogens is 350 g/mol. The molecule has 0 amide bonds. The third-order valence-electron chi connectivity index (χ3n) is 4.13. The molecule has 26 heavy (non-hydrogen) atoms. The molecule has 0 fully saturated rings. The molecule has 138 valence electrons. The SMILES string of the molecule is Cc1ccc(/C=C/S(=O)(=O)NC(C)c2ccc3c(c2)OCCCO3)cc1. The third kappa shape index (κ3) is 4.86. The summed E-state index contributed by atoms with van der Waals surface area (Å²) in [6, 6.07) is 12.8. The zero-order chi connectivity index (χ0) is 18.6. The van der Waals surface area contributed by atoms with E-state index in [1.165, 1.54) is 5.41 Å². The van der Waals surface area contributed by atoms with Crippen LogP contribution in [0.1, 0.15) is 36.1 Å². The molecule has 0 radical (unpaired) electrons. The predicted molar refractivity (Wildman–Crippen MR) is 103 cm³/mol. The van der Waals surface area contributed by atoms with Gasteiger partial charge in [-0.25, -0.2) is 13.1 Å². The Bertz CT molecular complexity index is 889. The van der Waals surface area contributed by atoms with Gasteiger partial charge in [0.05, 0.1) is 13.2 Å². The fraction of sp³-hybridized carbons (Fsp3) is 0.300. The van der Waals surface area contributed by atoms with E-state index >= 15 is 0 Å². The number of sulfonamides is 1. The van der Waals surface area contributed by atoms with Gasteiger partial charge in [-0.15, -0.1) is 0 Å². The van der Waals surface area contributed by atoms with Gasteiger partial charge in [0.25, 0.3) is 0 Å². The quantitative estimate of drug-likeness (QED) is 0.866. The van der Waals surface area contributed by atoms with E-state index in [0.29, 0.717) is 24.7 Å². The summed E-state index contributed by atoms with van der Waals surface area (Å²) in [5, 5.41) is 1.19. The van der Waals surface area contributed by atoms with E-state index in [9.17, 15) is 8.42 Å². The van der Waals surface area contributed by atoms with Crippen LogP contribution < -0.4 is 14.2 Å². The molecule has 1 atom stereocenters. The molecular formula is C20H23NO4S. The van der Waals surface area contributed by atoms with Crippen molar-refractivity contribution in [2.75, 3.05) is 13.2 Å². The van der Waals surface area contributed by atoms with Crippen molar-refractivity contribution in [1.29, 1.82) is 0 Å². The van der Waals surface area contributed by atoms with Crippen LogP contribution >= 0.6 is 0 Å². The summed E-state index contributed by atoms with van der Waals surface area (Å²) >= 11 is 0. The second-order valence-corrected chi connectivity index (χ2v) is 7.95. The standard InChI is InChI=1S/C20H23NO4S/c1-15-4-6-17(7-5-15)10-13-26(22,23)21-16(2)18-8-9-19-20(14-18)25-12-3-11-24-19/h4-10,13-14,16,21H,3,11-12H2,1-2H3/b13-10+. The number of hydrogen-bond acceptors (Lipinski definition) is 4. The first-order valence-corrected chi connectivity index (χ1v) is 10.1. The molecule has 0 bridgehead atoms. The molecule has 0 saturated heterocycles. The van der Waals surface area contributed by atoms with Crippen LogP contribution in [0.4, 0.5) is 0 Å². The lowest BCUT2D eigenvalue weighted by Gasteiger charge is -2.15. The van der Waals surface area contributed by atoms with Gasteiger partial charge < -0.3 is 9.47 Å². The lowest BCUT2D eigenvalue weighted by atomic mass is 10.1. The van der Waals surface area contributed by atoms with Crippen LogP contribution in [0.5, 0.6) is 11.5 Å². The highest BCUT2D eigenvalue weighted by Gasteiger charge is 2.17. The van der Waals surface area contributed by atoms with Gasteiger partial charge >= 0.3 is 0 Å². The first-order valence-electron chi connectivity index (χ1n) is 8.59. The Balaban J connectivity index is 1.71. The number of ether oxygens (including phenoxy) is 2.